The molecule has 0 spiro atoms. The van der Waals surface area contributed by atoms with Crippen LogP contribution in [0.3, 0.4) is 0 Å². The molecular weight excluding hydrogens is 216 g/mol. The third-order valence-corrected chi connectivity index (χ3v) is 1.82. The lowest BCUT2D eigenvalue weighted by Gasteiger charge is -2.21. The van der Waals surface area contributed by atoms with Crippen molar-refractivity contribution in [2.24, 2.45) is 0 Å². The largest absolute Gasteiger partial charge is 0.444 e. The van der Waals surface area contributed by atoms with Gasteiger partial charge in [0, 0.05) is 0 Å². The van der Waals surface area contributed by atoms with E-state index < -0.39 is 29.7 Å². The normalized spacial score (nSPS) is 25.1. The van der Waals surface area contributed by atoms with Gasteiger partial charge in [-0.1, -0.05) is 0 Å². The van der Waals surface area contributed by atoms with Crippen LogP contribution in [0.4, 0.5) is 4.79 Å². The average molecular weight is 232 g/mol. The van der Waals surface area contributed by atoms with Crippen molar-refractivity contribution >= 4 is 12.0 Å². The summed E-state index contributed by atoms with van der Waals surface area (Å²) < 4.78 is 4.97. The van der Waals surface area contributed by atoms with Crippen LogP contribution in [0.15, 0.2) is 0 Å². The fraction of sp³-hybridized carbons (Fsp3) is 0.778. The van der Waals surface area contributed by atoms with Gasteiger partial charge >= 0.3 is 6.09 Å². The highest BCUT2D eigenvalue weighted by Crippen LogP contribution is 2.09. The van der Waals surface area contributed by atoms with Crippen molar-refractivity contribution in [2.75, 3.05) is 6.61 Å². The molecule has 1 aliphatic heterocycles. The molecule has 2 atom stereocenters. The smallest absolute Gasteiger partial charge is 0.408 e. The number of hydroxylamine groups is 1. The van der Waals surface area contributed by atoms with E-state index in [1.165, 1.54) is 0 Å². The first-order valence-electron chi connectivity index (χ1n) is 4.89. The van der Waals surface area contributed by atoms with E-state index in [0.29, 0.717) is 0 Å². The second-order valence-corrected chi connectivity index (χ2v) is 4.43. The van der Waals surface area contributed by atoms with Crippen LogP contribution in [0.25, 0.3) is 0 Å². The van der Waals surface area contributed by atoms with Gasteiger partial charge in [-0.05, 0) is 20.8 Å². The van der Waals surface area contributed by atoms with Gasteiger partial charge in [-0.2, -0.15) is 0 Å². The molecule has 1 aliphatic rings. The number of hydrogen-bond acceptors (Lipinski definition) is 5. The molecule has 1 fully saturated rings. The Morgan fingerprint density at radius 2 is 2.25 bits per heavy atom. The second kappa shape index (κ2) is 4.67. The van der Waals surface area contributed by atoms with Crippen molar-refractivity contribution in [3.63, 3.8) is 0 Å². The fourth-order valence-corrected chi connectivity index (χ4v) is 1.17. The van der Waals surface area contributed by atoms with Crippen LogP contribution in [0.2, 0.25) is 0 Å². The van der Waals surface area contributed by atoms with Crippen LogP contribution in [0.5, 0.6) is 0 Å². The van der Waals surface area contributed by atoms with E-state index in [1.807, 2.05) is 0 Å². The molecule has 16 heavy (non-hydrogen) atoms. The molecule has 0 aromatic rings. The lowest BCUT2D eigenvalue weighted by atomic mass is 10.2. The van der Waals surface area contributed by atoms with Gasteiger partial charge in [-0.15, -0.1) is 0 Å². The zero-order valence-corrected chi connectivity index (χ0v) is 9.44. The van der Waals surface area contributed by atoms with Crippen LogP contribution < -0.4 is 10.8 Å². The minimum atomic E-state index is -0.931. The number of nitrogens with one attached hydrogen (secondary N) is 2. The summed E-state index contributed by atoms with van der Waals surface area (Å²) in [6, 6.07) is -0.931. The molecule has 0 aromatic heterocycles. The van der Waals surface area contributed by atoms with Gasteiger partial charge in [0.2, 0.25) is 0 Å². The van der Waals surface area contributed by atoms with Crippen LogP contribution in [-0.4, -0.2) is 41.5 Å². The second-order valence-electron chi connectivity index (χ2n) is 4.43. The summed E-state index contributed by atoms with van der Waals surface area (Å²) in [6.45, 7) is 4.75. The molecule has 7 heteroatoms. The first-order valence-corrected chi connectivity index (χ1v) is 4.89. The number of carbonyl (C=O) groups excluding carboxylic acids is 2. The number of carbonyl (C=O) groups is 2. The predicted octanol–water partition coefficient (Wildman–Crippen LogP) is -0.698. The Labute approximate surface area is 93.1 Å². The van der Waals surface area contributed by atoms with Crippen molar-refractivity contribution in [1.29, 1.82) is 0 Å². The Kier molecular flexibility index (Phi) is 3.71. The average Bonchev–Trinajstić information content (AvgIpc) is 2.44. The SMILES string of the molecule is CC(C)(C)OC(=O)N[C@@H]1C(=O)NOC1CO. The van der Waals surface area contributed by atoms with Crippen LogP contribution >= 0.6 is 0 Å². The number of aliphatic hydroxyl groups excluding tert-OH is 1. The first kappa shape index (κ1) is 12.7. The Bertz CT molecular complexity index is 286. The van der Waals surface area contributed by atoms with Crippen molar-refractivity contribution in [3.05, 3.63) is 0 Å². The molecule has 0 aromatic carbocycles. The molecule has 0 saturated carbocycles. The van der Waals surface area contributed by atoms with Crippen molar-refractivity contribution < 1.29 is 24.3 Å². The molecule has 0 aliphatic carbocycles. The third-order valence-electron chi connectivity index (χ3n) is 1.82. The first-order chi connectivity index (χ1) is 7.33. The zero-order valence-electron chi connectivity index (χ0n) is 9.44. The maximum Gasteiger partial charge on any atom is 0.408 e. The molecule has 1 saturated heterocycles. The van der Waals surface area contributed by atoms with Crippen molar-refractivity contribution in [1.82, 2.24) is 10.8 Å². The molecule has 1 unspecified atom stereocenters. The zero-order chi connectivity index (χ0) is 12.3. The molecule has 92 valence electrons. The molecule has 0 radical (unpaired) electrons. The summed E-state index contributed by atoms with van der Waals surface area (Å²) in [6.07, 6.45) is -1.52. The number of amides is 2. The molecule has 1 heterocycles. The highest BCUT2D eigenvalue weighted by molar-refractivity contribution is 5.86. The van der Waals surface area contributed by atoms with Crippen molar-refractivity contribution in [2.45, 2.75) is 38.5 Å². The Hall–Kier alpha value is -1.34. The Morgan fingerprint density at radius 1 is 1.62 bits per heavy atom. The summed E-state index contributed by atoms with van der Waals surface area (Å²) in [4.78, 5) is 27.3. The minimum Gasteiger partial charge on any atom is -0.444 e. The van der Waals surface area contributed by atoms with E-state index in [9.17, 15) is 9.59 Å². The van der Waals surface area contributed by atoms with E-state index in [4.69, 9.17) is 14.7 Å². The van der Waals surface area contributed by atoms with Gasteiger partial charge in [-0.3, -0.25) is 9.63 Å². The summed E-state index contributed by atoms with van der Waals surface area (Å²) in [5.41, 5.74) is 1.43. The molecule has 2 amide bonds. The van der Waals surface area contributed by atoms with Gasteiger partial charge in [0.1, 0.15) is 17.7 Å². The van der Waals surface area contributed by atoms with Gasteiger partial charge in [0.05, 0.1) is 6.61 Å². The van der Waals surface area contributed by atoms with Crippen molar-refractivity contribution in [3.8, 4) is 0 Å². The van der Waals surface area contributed by atoms with Crippen LogP contribution in [-0.2, 0) is 14.4 Å². The summed E-state index contributed by atoms with van der Waals surface area (Å²) in [5, 5.41) is 11.2. The fourth-order valence-electron chi connectivity index (χ4n) is 1.17. The maximum atomic E-state index is 11.4. The van der Waals surface area contributed by atoms with E-state index in [0.717, 1.165) is 0 Å². The highest BCUT2D eigenvalue weighted by Gasteiger charge is 2.38. The summed E-state index contributed by atoms with van der Waals surface area (Å²) >= 11 is 0. The number of aliphatic hydroxyl groups is 1. The monoisotopic (exact) mass is 232 g/mol. The third kappa shape index (κ3) is 3.35. The van der Waals surface area contributed by atoms with Gasteiger partial charge < -0.3 is 15.2 Å². The number of ether oxygens (including phenoxy) is 1. The summed E-state index contributed by atoms with van der Waals surface area (Å²) in [5.74, 6) is -0.509. The van der Waals surface area contributed by atoms with E-state index in [1.54, 1.807) is 20.8 Å². The van der Waals surface area contributed by atoms with E-state index >= 15 is 0 Å². The molecule has 1 rings (SSSR count). The maximum absolute atomic E-state index is 11.4. The molecular formula is C9H16N2O5. The summed E-state index contributed by atoms with van der Waals surface area (Å²) in [7, 11) is 0. The lowest BCUT2D eigenvalue weighted by Crippen LogP contribution is -2.48. The molecule has 0 bridgehead atoms. The van der Waals surface area contributed by atoms with Gasteiger partial charge in [0.15, 0.2) is 0 Å². The number of rotatable bonds is 2. The Balaban J connectivity index is 2.52. The predicted molar refractivity (Wildman–Crippen MR) is 53.3 cm³/mol. The van der Waals surface area contributed by atoms with Gasteiger partial charge in [-0.25, -0.2) is 10.3 Å². The standard InChI is InChI=1S/C9H16N2O5/c1-9(2,3)15-8(14)10-6-5(4-12)16-11-7(6)13/h5-6,12H,4H2,1-3H3,(H,10,14)(H,11,13)/t5?,6-/m0/s1. The Morgan fingerprint density at radius 3 is 2.75 bits per heavy atom. The molecule has 3 N–H and O–H groups in total. The lowest BCUT2D eigenvalue weighted by molar-refractivity contribution is -0.125. The highest BCUT2D eigenvalue weighted by atomic mass is 16.7. The topological polar surface area (TPSA) is 96.9 Å². The minimum absolute atomic E-state index is 0.376. The van der Waals surface area contributed by atoms with E-state index in [2.05, 4.69) is 10.8 Å². The van der Waals surface area contributed by atoms with Crippen LogP contribution in [0.1, 0.15) is 20.8 Å². The van der Waals surface area contributed by atoms with E-state index in [-0.39, 0.29) is 6.61 Å². The number of alkyl carbamates (subject to hydrolysis) is 1. The molecule has 7 nitrogen and oxygen atoms in total. The van der Waals surface area contributed by atoms with Gasteiger partial charge in [0.25, 0.3) is 5.91 Å². The quantitative estimate of drug-likeness (QED) is 0.585. The number of hydrogen-bond donors (Lipinski definition) is 3. The van der Waals surface area contributed by atoms with Crippen LogP contribution in [0, 0.1) is 0 Å².